The maximum Gasteiger partial charge on any atom is 0.244 e. The van der Waals surface area contributed by atoms with Crippen LogP contribution in [0.15, 0.2) is 42.5 Å². The molecule has 0 unspecified atom stereocenters. The van der Waals surface area contributed by atoms with Gasteiger partial charge < -0.3 is 10.2 Å². The van der Waals surface area contributed by atoms with E-state index in [0.717, 1.165) is 17.0 Å². The van der Waals surface area contributed by atoms with Crippen molar-refractivity contribution in [3.05, 3.63) is 63.1 Å². The summed E-state index contributed by atoms with van der Waals surface area (Å²) >= 11 is 18.3. The number of sulfonamides is 1. The van der Waals surface area contributed by atoms with Gasteiger partial charge in [-0.3, -0.25) is 13.9 Å². The molecule has 192 valence electrons. The van der Waals surface area contributed by atoms with Crippen molar-refractivity contribution in [2.45, 2.75) is 52.2 Å². The first-order chi connectivity index (χ1) is 16.4. The molecule has 0 saturated heterocycles. The number of anilines is 1. The third kappa shape index (κ3) is 8.27. The molecule has 0 aromatic heterocycles. The Morgan fingerprint density at radius 3 is 2.09 bits per heavy atom. The molecule has 0 aliphatic rings. The lowest BCUT2D eigenvalue weighted by Gasteiger charge is -2.33. The number of halogens is 3. The minimum atomic E-state index is -3.82. The van der Waals surface area contributed by atoms with E-state index in [-0.39, 0.29) is 24.2 Å². The van der Waals surface area contributed by atoms with Crippen molar-refractivity contribution in [2.75, 3.05) is 17.1 Å². The first-order valence-corrected chi connectivity index (χ1v) is 14.1. The summed E-state index contributed by atoms with van der Waals surface area (Å²) in [4.78, 5) is 28.1. The fourth-order valence-electron chi connectivity index (χ4n) is 3.42. The van der Waals surface area contributed by atoms with Crippen molar-refractivity contribution in [1.82, 2.24) is 10.2 Å². The van der Waals surface area contributed by atoms with E-state index in [9.17, 15) is 18.0 Å². The van der Waals surface area contributed by atoms with Gasteiger partial charge in [-0.15, -0.1) is 0 Å². The summed E-state index contributed by atoms with van der Waals surface area (Å²) in [5.74, 6) is -0.875. The maximum absolute atomic E-state index is 13.6. The Kier molecular flexibility index (Phi) is 10.7. The molecule has 0 heterocycles. The van der Waals surface area contributed by atoms with Crippen LogP contribution in [0.25, 0.3) is 0 Å². The zero-order chi connectivity index (χ0) is 26.3. The molecule has 7 nitrogen and oxygen atoms in total. The Bertz CT molecular complexity index is 1140. The number of nitrogens with zero attached hydrogens (tertiary/aromatic N) is 2. The molecule has 0 aliphatic carbocycles. The summed E-state index contributed by atoms with van der Waals surface area (Å²) in [7, 11) is -3.82. The van der Waals surface area contributed by atoms with Gasteiger partial charge >= 0.3 is 0 Å². The molecule has 2 amide bonds. The number of hydrogen-bond donors (Lipinski definition) is 1. The van der Waals surface area contributed by atoms with E-state index in [4.69, 9.17) is 34.8 Å². The standard InChI is InChI=1S/C24H30Cl3N3O4S/c1-5-16(3)28-24(32)22(6-2)29(14-17-7-8-19(26)13-21(17)27)23(31)15-30(35(4,33)34)20-11-9-18(25)10-12-20/h7-13,16,22H,5-6,14-15H2,1-4H3,(H,28,32)/t16-,22-/m1/s1. The summed E-state index contributed by atoms with van der Waals surface area (Å²) in [5.41, 5.74) is 0.864. The SMILES string of the molecule is CC[C@@H](C)NC(=O)[C@@H](CC)N(Cc1ccc(Cl)cc1Cl)C(=O)CN(c1ccc(Cl)cc1)S(C)(=O)=O. The van der Waals surface area contributed by atoms with Crippen LogP contribution in [0.2, 0.25) is 15.1 Å². The lowest BCUT2D eigenvalue weighted by molar-refractivity contribution is -0.140. The normalized spacial score (nSPS) is 13.1. The molecule has 2 aromatic carbocycles. The van der Waals surface area contributed by atoms with Crippen molar-refractivity contribution >= 4 is 62.3 Å². The fraction of sp³-hybridized carbons (Fsp3) is 0.417. The van der Waals surface area contributed by atoms with Crippen LogP contribution in [0, 0.1) is 0 Å². The molecule has 0 spiro atoms. The van der Waals surface area contributed by atoms with Crippen LogP contribution in [0.5, 0.6) is 0 Å². The Morgan fingerprint density at radius 1 is 0.971 bits per heavy atom. The Labute approximate surface area is 222 Å². The van der Waals surface area contributed by atoms with Crippen molar-refractivity contribution in [3.63, 3.8) is 0 Å². The highest BCUT2D eigenvalue weighted by molar-refractivity contribution is 7.92. The lowest BCUT2D eigenvalue weighted by atomic mass is 10.1. The topological polar surface area (TPSA) is 86.8 Å². The molecule has 11 heteroatoms. The molecule has 0 radical (unpaired) electrons. The lowest BCUT2D eigenvalue weighted by Crippen LogP contribution is -2.53. The van der Waals surface area contributed by atoms with Gasteiger partial charge in [0.15, 0.2) is 0 Å². The van der Waals surface area contributed by atoms with Gasteiger partial charge in [-0.25, -0.2) is 8.42 Å². The Morgan fingerprint density at radius 2 is 1.57 bits per heavy atom. The predicted molar refractivity (Wildman–Crippen MR) is 143 cm³/mol. The zero-order valence-electron chi connectivity index (χ0n) is 20.1. The number of benzene rings is 2. The van der Waals surface area contributed by atoms with Gasteiger partial charge in [-0.05, 0) is 61.7 Å². The largest absolute Gasteiger partial charge is 0.352 e. The van der Waals surface area contributed by atoms with Gasteiger partial charge in [-0.2, -0.15) is 0 Å². The number of carbonyl (C=O) groups is 2. The minimum Gasteiger partial charge on any atom is -0.352 e. The third-order valence-corrected chi connectivity index (χ3v) is 7.52. The monoisotopic (exact) mass is 561 g/mol. The smallest absolute Gasteiger partial charge is 0.244 e. The van der Waals surface area contributed by atoms with Crippen molar-refractivity contribution < 1.29 is 18.0 Å². The molecule has 35 heavy (non-hydrogen) atoms. The molecule has 0 saturated carbocycles. The van der Waals surface area contributed by atoms with E-state index in [1.165, 1.54) is 17.0 Å². The Hall–Kier alpha value is -2.00. The van der Waals surface area contributed by atoms with Gasteiger partial charge in [0.05, 0.1) is 11.9 Å². The van der Waals surface area contributed by atoms with Crippen LogP contribution in [0.1, 0.15) is 39.2 Å². The van der Waals surface area contributed by atoms with E-state index in [1.54, 1.807) is 37.3 Å². The van der Waals surface area contributed by atoms with Gasteiger partial charge in [-0.1, -0.05) is 54.7 Å². The summed E-state index contributed by atoms with van der Waals surface area (Å²) < 4.78 is 26.2. The van der Waals surface area contributed by atoms with Gasteiger partial charge in [0, 0.05) is 27.7 Å². The first-order valence-electron chi connectivity index (χ1n) is 11.1. The van der Waals surface area contributed by atoms with Gasteiger partial charge in [0.2, 0.25) is 21.8 Å². The molecule has 0 fully saturated rings. The summed E-state index contributed by atoms with van der Waals surface area (Å²) in [6.45, 7) is 5.10. The molecule has 0 aliphatic heterocycles. The van der Waals surface area contributed by atoms with Crippen LogP contribution >= 0.6 is 34.8 Å². The zero-order valence-corrected chi connectivity index (χ0v) is 23.2. The molecule has 1 N–H and O–H groups in total. The van der Waals surface area contributed by atoms with Crippen molar-refractivity contribution in [2.24, 2.45) is 0 Å². The second-order valence-electron chi connectivity index (χ2n) is 8.25. The molecular formula is C24H30Cl3N3O4S. The van der Waals surface area contributed by atoms with E-state index >= 15 is 0 Å². The number of nitrogens with one attached hydrogen (secondary N) is 1. The number of hydrogen-bond acceptors (Lipinski definition) is 4. The van der Waals surface area contributed by atoms with E-state index in [2.05, 4.69) is 5.32 Å². The average molecular weight is 563 g/mol. The first kappa shape index (κ1) is 29.2. The predicted octanol–water partition coefficient (Wildman–Crippen LogP) is 5.13. The molecule has 2 atom stereocenters. The van der Waals surface area contributed by atoms with Crippen LogP contribution in [0.4, 0.5) is 5.69 Å². The van der Waals surface area contributed by atoms with Crippen LogP contribution in [0.3, 0.4) is 0 Å². The van der Waals surface area contributed by atoms with Crippen LogP contribution in [-0.4, -0.2) is 50.0 Å². The second kappa shape index (κ2) is 12.8. The third-order valence-electron chi connectivity index (χ3n) is 5.54. The maximum atomic E-state index is 13.6. The molecule has 0 bridgehead atoms. The quantitative estimate of drug-likeness (QED) is 0.411. The Balaban J connectivity index is 2.46. The molecular weight excluding hydrogens is 533 g/mol. The number of rotatable bonds is 11. The minimum absolute atomic E-state index is 0.000508. The fourth-order valence-corrected chi connectivity index (χ4v) is 4.86. The highest BCUT2D eigenvalue weighted by Gasteiger charge is 2.32. The summed E-state index contributed by atoms with van der Waals surface area (Å²) in [5, 5.41) is 4.12. The number of amides is 2. The molecule has 2 aromatic rings. The van der Waals surface area contributed by atoms with E-state index < -0.39 is 28.5 Å². The number of carbonyl (C=O) groups excluding carboxylic acids is 2. The summed E-state index contributed by atoms with van der Waals surface area (Å²) in [6, 6.07) is 10.1. The van der Waals surface area contributed by atoms with E-state index in [1.807, 2.05) is 13.8 Å². The average Bonchev–Trinajstić information content (AvgIpc) is 2.78. The van der Waals surface area contributed by atoms with Crippen LogP contribution in [-0.2, 0) is 26.2 Å². The van der Waals surface area contributed by atoms with Crippen molar-refractivity contribution in [3.8, 4) is 0 Å². The van der Waals surface area contributed by atoms with Crippen LogP contribution < -0.4 is 9.62 Å². The van der Waals surface area contributed by atoms with Gasteiger partial charge in [0.1, 0.15) is 12.6 Å². The highest BCUT2D eigenvalue weighted by atomic mass is 35.5. The second-order valence-corrected chi connectivity index (χ2v) is 11.4. The molecule has 2 rings (SSSR count). The van der Waals surface area contributed by atoms with E-state index in [0.29, 0.717) is 27.1 Å². The van der Waals surface area contributed by atoms with Gasteiger partial charge in [0.25, 0.3) is 0 Å². The highest BCUT2D eigenvalue weighted by Crippen LogP contribution is 2.25. The van der Waals surface area contributed by atoms with Crippen molar-refractivity contribution in [1.29, 1.82) is 0 Å². The summed E-state index contributed by atoms with van der Waals surface area (Å²) in [6.07, 6.45) is 2.05.